The zero-order valence-electron chi connectivity index (χ0n) is 16.6. The molecule has 2 aliphatic carbocycles. The van der Waals surface area contributed by atoms with Gasteiger partial charge >= 0.3 is 0 Å². The number of nitrogens with zero attached hydrogens (tertiary/aromatic N) is 3. The van der Waals surface area contributed by atoms with Crippen LogP contribution in [0.15, 0.2) is 30.3 Å². The summed E-state index contributed by atoms with van der Waals surface area (Å²) in [7, 11) is 0. The fraction of sp³-hybridized carbons (Fsp3) is 0.435. The fourth-order valence-electron chi connectivity index (χ4n) is 4.44. The Labute approximate surface area is 175 Å². The van der Waals surface area contributed by atoms with Crippen molar-refractivity contribution in [1.82, 2.24) is 20.1 Å². The van der Waals surface area contributed by atoms with Gasteiger partial charge in [-0.25, -0.2) is 9.67 Å². The van der Waals surface area contributed by atoms with Gasteiger partial charge in [0.25, 0.3) is 5.91 Å². The fourth-order valence-corrected chi connectivity index (χ4v) is 5.64. The Kier molecular flexibility index (Phi) is 5.19. The van der Waals surface area contributed by atoms with E-state index >= 15 is 0 Å². The molecule has 2 aromatic heterocycles. The molecule has 0 aliphatic heterocycles. The highest BCUT2D eigenvalue weighted by Gasteiger charge is 2.26. The van der Waals surface area contributed by atoms with Crippen molar-refractivity contribution >= 4 is 17.2 Å². The van der Waals surface area contributed by atoms with Crippen molar-refractivity contribution in [3.05, 3.63) is 62.9 Å². The van der Waals surface area contributed by atoms with E-state index in [1.54, 1.807) is 0 Å². The average molecular weight is 407 g/mol. The van der Waals surface area contributed by atoms with E-state index in [9.17, 15) is 4.79 Å². The number of para-hydroxylation sites is 1. The first-order valence-electron chi connectivity index (χ1n) is 10.7. The van der Waals surface area contributed by atoms with Gasteiger partial charge in [0, 0.05) is 29.1 Å². The highest BCUT2D eigenvalue weighted by Crippen LogP contribution is 2.28. The van der Waals surface area contributed by atoms with Crippen LogP contribution in [0.1, 0.15) is 63.0 Å². The standard InChI is InChI=1S/C23H26N4OS/c28-23(24-15-7-14-21-25-18-11-4-5-13-20(18)29-21)22-17-10-6-12-19(17)27(26-22)16-8-2-1-3-9-16/h1-3,8-9H,4-7,10-15H2,(H,24,28). The van der Waals surface area contributed by atoms with E-state index in [2.05, 4.69) is 10.4 Å². The van der Waals surface area contributed by atoms with E-state index < -0.39 is 0 Å². The second-order valence-electron chi connectivity index (χ2n) is 7.92. The van der Waals surface area contributed by atoms with Gasteiger partial charge in [-0.15, -0.1) is 11.3 Å². The van der Waals surface area contributed by atoms with E-state index in [0.29, 0.717) is 12.2 Å². The van der Waals surface area contributed by atoms with Crippen molar-refractivity contribution < 1.29 is 4.79 Å². The van der Waals surface area contributed by atoms with Crippen LogP contribution < -0.4 is 5.32 Å². The molecule has 0 atom stereocenters. The SMILES string of the molecule is O=C(NCCCc1nc2c(s1)CCCC2)c1nn(-c2ccccc2)c2c1CCC2. The molecule has 0 spiro atoms. The van der Waals surface area contributed by atoms with Crippen molar-refractivity contribution in [3.8, 4) is 5.69 Å². The predicted molar refractivity (Wildman–Crippen MR) is 115 cm³/mol. The molecule has 2 heterocycles. The highest BCUT2D eigenvalue weighted by atomic mass is 32.1. The van der Waals surface area contributed by atoms with Gasteiger partial charge in [-0.3, -0.25) is 4.79 Å². The molecule has 1 aromatic carbocycles. The van der Waals surface area contributed by atoms with Crippen LogP contribution in [0, 0.1) is 0 Å². The number of carbonyl (C=O) groups is 1. The number of amides is 1. The van der Waals surface area contributed by atoms with Gasteiger partial charge in [0.1, 0.15) is 0 Å². The largest absolute Gasteiger partial charge is 0.351 e. The Morgan fingerprint density at radius 1 is 1.07 bits per heavy atom. The molecular weight excluding hydrogens is 380 g/mol. The van der Waals surface area contributed by atoms with Crippen LogP contribution in [0.3, 0.4) is 0 Å². The second-order valence-corrected chi connectivity index (χ2v) is 9.09. The number of aromatic nitrogens is 3. The number of hydrogen-bond acceptors (Lipinski definition) is 4. The molecule has 0 saturated heterocycles. The van der Waals surface area contributed by atoms with Crippen LogP contribution in [-0.4, -0.2) is 27.2 Å². The topological polar surface area (TPSA) is 59.8 Å². The number of nitrogens with one attached hydrogen (secondary N) is 1. The number of aryl methyl sites for hydroxylation is 3. The maximum absolute atomic E-state index is 12.8. The van der Waals surface area contributed by atoms with Crippen LogP contribution in [0.25, 0.3) is 5.69 Å². The Balaban J connectivity index is 1.22. The summed E-state index contributed by atoms with van der Waals surface area (Å²) in [5, 5.41) is 8.99. The van der Waals surface area contributed by atoms with Crippen molar-refractivity contribution in [3.63, 3.8) is 0 Å². The second kappa shape index (κ2) is 8.11. The monoisotopic (exact) mass is 406 g/mol. The van der Waals surface area contributed by atoms with Crippen molar-refractivity contribution in [1.29, 1.82) is 0 Å². The summed E-state index contributed by atoms with van der Waals surface area (Å²) in [6, 6.07) is 10.1. The Bertz CT molecular complexity index is 998. The lowest BCUT2D eigenvalue weighted by molar-refractivity contribution is 0.0947. The van der Waals surface area contributed by atoms with E-state index in [-0.39, 0.29) is 5.91 Å². The number of rotatable bonds is 6. The number of carbonyl (C=O) groups excluding carboxylic acids is 1. The lowest BCUT2D eigenvalue weighted by Gasteiger charge is -2.06. The van der Waals surface area contributed by atoms with Crippen LogP contribution in [0.2, 0.25) is 0 Å². The van der Waals surface area contributed by atoms with Gasteiger partial charge in [0.15, 0.2) is 5.69 Å². The molecule has 0 fully saturated rings. The molecule has 1 N–H and O–H groups in total. The smallest absolute Gasteiger partial charge is 0.272 e. The lowest BCUT2D eigenvalue weighted by Crippen LogP contribution is -2.26. The minimum Gasteiger partial charge on any atom is -0.351 e. The van der Waals surface area contributed by atoms with Crippen molar-refractivity contribution in [2.45, 2.75) is 57.8 Å². The Hall–Kier alpha value is -2.47. The molecule has 6 heteroatoms. The molecule has 3 aromatic rings. The zero-order valence-corrected chi connectivity index (χ0v) is 17.4. The summed E-state index contributed by atoms with van der Waals surface area (Å²) in [6.07, 6.45) is 9.77. The van der Waals surface area contributed by atoms with E-state index in [1.165, 1.54) is 40.5 Å². The third kappa shape index (κ3) is 3.73. The summed E-state index contributed by atoms with van der Waals surface area (Å²) in [5.41, 5.74) is 5.26. The van der Waals surface area contributed by atoms with Gasteiger partial charge in [-0.05, 0) is 63.5 Å². The van der Waals surface area contributed by atoms with Gasteiger partial charge in [0.2, 0.25) is 0 Å². The number of benzene rings is 1. The molecule has 29 heavy (non-hydrogen) atoms. The van der Waals surface area contributed by atoms with E-state index in [0.717, 1.165) is 49.8 Å². The Morgan fingerprint density at radius 2 is 1.93 bits per heavy atom. The van der Waals surface area contributed by atoms with E-state index in [4.69, 9.17) is 4.98 Å². The summed E-state index contributed by atoms with van der Waals surface area (Å²) in [6.45, 7) is 0.663. The van der Waals surface area contributed by atoms with Crippen LogP contribution in [-0.2, 0) is 32.1 Å². The van der Waals surface area contributed by atoms with Crippen LogP contribution >= 0.6 is 11.3 Å². The molecule has 0 bridgehead atoms. The quantitative estimate of drug-likeness (QED) is 0.628. The van der Waals surface area contributed by atoms with E-state index in [1.807, 2.05) is 46.4 Å². The third-order valence-electron chi connectivity index (χ3n) is 5.89. The summed E-state index contributed by atoms with van der Waals surface area (Å²) in [4.78, 5) is 19.1. The molecule has 0 unspecified atom stereocenters. The highest BCUT2D eigenvalue weighted by molar-refractivity contribution is 7.11. The van der Waals surface area contributed by atoms with Crippen LogP contribution in [0.4, 0.5) is 0 Å². The molecule has 1 amide bonds. The van der Waals surface area contributed by atoms with Crippen molar-refractivity contribution in [2.24, 2.45) is 0 Å². The van der Waals surface area contributed by atoms with Gasteiger partial charge in [0.05, 0.1) is 16.4 Å². The van der Waals surface area contributed by atoms with Crippen LogP contribution in [0.5, 0.6) is 0 Å². The molecule has 2 aliphatic rings. The zero-order chi connectivity index (χ0) is 19.6. The predicted octanol–water partition coefficient (Wildman–Crippen LogP) is 4.06. The first-order valence-corrected chi connectivity index (χ1v) is 11.5. The lowest BCUT2D eigenvalue weighted by atomic mass is 10.0. The number of thiazole rings is 1. The summed E-state index contributed by atoms with van der Waals surface area (Å²) >= 11 is 1.87. The van der Waals surface area contributed by atoms with Gasteiger partial charge < -0.3 is 5.32 Å². The molecule has 0 saturated carbocycles. The minimum absolute atomic E-state index is 0.0451. The van der Waals surface area contributed by atoms with Crippen molar-refractivity contribution in [2.75, 3.05) is 6.54 Å². The summed E-state index contributed by atoms with van der Waals surface area (Å²) in [5.74, 6) is -0.0451. The molecule has 5 rings (SSSR count). The minimum atomic E-state index is -0.0451. The third-order valence-corrected chi connectivity index (χ3v) is 7.11. The molecule has 150 valence electrons. The number of hydrogen-bond donors (Lipinski definition) is 1. The molecule has 5 nitrogen and oxygen atoms in total. The maximum Gasteiger partial charge on any atom is 0.272 e. The Morgan fingerprint density at radius 3 is 2.79 bits per heavy atom. The normalized spacial score (nSPS) is 15.2. The average Bonchev–Trinajstić information content (AvgIpc) is 3.46. The number of fused-ring (bicyclic) bond motifs is 2. The first-order chi connectivity index (χ1) is 14.3. The van der Waals surface area contributed by atoms with Gasteiger partial charge in [-0.1, -0.05) is 18.2 Å². The first kappa shape index (κ1) is 18.6. The molecular formula is C23H26N4OS. The summed E-state index contributed by atoms with van der Waals surface area (Å²) < 4.78 is 1.96. The maximum atomic E-state index is 12.8. The molecule has 0 radical (unpaired) electrons. The van der Waals surface area contributed by atoms with Gasteiger partial charge in [-0.2, -0.15) is 5.10 Å².